The summed E-state index contributed by atoms with van der Waals surface area (Å²) in [6.07, 6.45) is 0. The van der Waals surface area contributed by atoms with Crippen molar-refractivity contribution in [1.82, 2.24) is 9.78 Å². The van der Waals surface area contributed by atoms with Gasteiger partial charge in [0.15, 0.2) is 18.2 Å². The fourth-order valence-electron chi connectivity index (χ4n) is 2.81. The number of hydrogen-bond donors (Lipinski definition) is 1. The molecule has 0 saturated carbocycles. The fourth-order valence-corrected chi connectivity index (χ4v) is 3.00. The van der Waals surface area contributed by atoms with Gasteiger partial charge in [0.05, 0.1) is 7.05 Å². The van der Waals surface area contributed by atoms with Crippen LogP contribution in [0.4, 0.5) is 4.39 Å². The van der Waals surface area contributed by atoms with Crippen molar-refractivity contribution < 1.29 is 23.2 Å². The number of aromatic nitrogens is 2. The molecule has 0 aliphatic carbocycles. The summed E-state index contributed by atoms with van der Waals surface area (Å²) in [7, 11) is 2.01. The van der Waals surface area contributed by atoms with E-state index in [-0.39, 0.29) is 12.6 Å². The van der Waals surface area contributed by atoms with Crippen molar-refractivity contribution in [3.05, 3.63) is 58.7 Å². The molecule has 4 rings (SSSR count). The number of quaternary nitrogens is 1. The van der Waals surface area contributed by atoms with Gasteiger partial charge in [-0.05, 0) is 42.5 Å². The van der Waals surface area contributed by atoms with E-state index >= 15 is 0 Å². The maximum Gasteiger partial charge on any atom is 0.292 e. The van der Waals surface area contributed by atoms with Gasteiger partial charge in [-0.25, -0.2) is 4.39 Å². The Morgan fingerprint density at radius 1 is 1.15 bits per heavy atom. The summed E-state index contributed by atoms with van der Waals surface area (Å²) in [5.41, 5.74) is 1.81. The third kappa shape index (κ3) is 3.47. The van der Waals surface area contributed by atoms with Gasteiger partial charge in [0.1, 0.15) is 12.4 Å². The van der Waals surface area contributed by atoms with Gasteiger partial charge in [-0.3, -0.25) is 0 Å². The lowest BCUT2D eigenvalue weighted by Crippen LogP contribution is -3.07. The number of halogens is 1. The molecule has 0 spiro atoms. The SMILES string of the molecule is C[NH+](Cc1ccc(F)cc1)Cn1nc(-c2ccc3c(c2)OCO3)oc1=S. The predicted octanol–water partition coefficient (Wildman–Crippen LogP) is 2.41. The van der Waals surface area contributed by atoms with Gasteiger partial charge in [-0.15, -0.1) is 5.10 Å². The van der Waals surface area contributed by atoms with Crippen LogP contribution in [0.25, 0.3) is 11.5 Å². The summed E-state index contributed by atoms with van der Waals surface area (Å²) in [4.78, 5) is 1.44. The molecule has 0 radical (unpaired) electrons. The highest BCUT2D eigenvalue weighted by Gasteiger charge is 2.17. The minimum atomic E-state index is -0.238. The molecule has 0 fully saturated rings. The van der Waals surface area contributed by atoms with Crippen LogP contribution >= 0.6 is 12.2 Å². The molecule has 0 bridgehead atoms. The molecule has 8 heteroatoms. The molecular weight excluding hydrogens is 357 g/mol. The summed E-state index contributed by atoms with van der Waals surface area (Å²) in [6, 6.07) is 12.0. The zero-order valence-electron chi connectivity index (χ0n) is 14.1. The quantitative estimate of drug-likeness (QED) is 0.695. The average Bonchev–Trinajstić information content (AvgIpc) is 3.23. The third-order valence-electron chi connectivity index (χ3n) is 4.06. The number of nitrogens with zero attached hydrogens (tertiary/aromatic N) is 2. The minimum absolute atomic E-state index is 0.216. The first-order chi connectivity index (χ1) is 12.6. The lowest BCUT2D eigenvalue weighted by atomic mass is 10.2. The molecule has 6 nitrogen and oxygen atoms in total. The van der Waals surface area contributed by atoms with Crippen LogP contribution in [-0.2, 0) is 13.2 Å². The van der Waals surface area contributed by atoms with Crippen LogP contribution in [0.1, 0.15) is 5.56 Å². The Labute approximate surface area is 154 Å². The van der Waals surface area contributed by atoms with E-state index in [1.54, 1.807) is 16.8 Å². The molecular formula is C18H17FN3O3S+. The van der Waals surface area contributed by atoms with E-state index in [2.05, 4.69) is 5.10 Å². The highest BCUT2D eigenvalue weighted by atomic mass is 32.1. The van der Waals surface area contributed by atoms with Crippen LogP contribution in [0.15, 0.2) is 46.9 Å². The molecule has 1 unspecified atom stereocenters. The predicted molar refractivity (Wildman–Crippen MR) is 93.9 cm³/mol. The Bertz CT molecular complexity index is 984. The van der Waals surface area contributed by atoms with Crippen molar-refractivity contribution in [3.63, 3.8) is 0 Å². The van der Waals surface area contributed by atoms with Gasteiger partial charge >= 0.3 is 0 Å². The topological polar surface area (TPSA) is 53.9 Å². The van der Waals surface area contributed by atoms with Crippen molar-refractivity contribution in [2.75, 3.05) is 13.8 Å². The van der Waals surface area contributed by atoms with Crippen molar-refractivity contribution in [3.8, 4) is 23.0 Å². The second-order valence-electron chi connectivity index (χ2n) is 6.16. The van der Waals surface area contributed by atoms with Crippen molar-refractivity contribution in [2.24, 2.45) is 0 Å². The van der Waals surface area contributed by atoms with Gasteiger partial charge in [0.2, 0.25) is 12.7 Å². The zero-order valence-corrected chi connectivity index (χ0v) is 14.9. The lowest BCUT2D eigenvalue weighted by molar-refractivity contribution is -0.917. The molecule has 1 aromatic heterocycles. The Morgan fingerprint density at radius 2 is 1.92 bits per heavy atom. The van der Waals surface area contributed by atoms with Crippen LogP contribution in [0, 0.1) is 10.7 Å². The maximum atomic E-state index is 13.0. The van der Waals surface area contributed by atoms with E-state index in [9.17, 15) is 4.39 Å². The smallest absolute Gasteiger partial charge is 0.292 e. The number of nitrogens with one attached hydrogen (secondary N) is 1. The Kier molecular flexibility index (Phi) is 4.44. The summed E-state index contributed by atoms with van der Waals surface area (Å²) in [5.74, 6) is 1.56. The van der Waals surface area contributed by atoms with Crippen LogP contribution in [0.5, 0.6) is 11.5 Å². The second kappa shape index (κ2) is 6.89. The molecule has 26 heavy (non-hydrogen) atoms. The first-order valence-electron chi connectivity index (χ1n) is 8.12. The first kappa shape index (κ1) is 16.7. The maximum absolute atomic E-state index is 13.0. The molecule has 1 atom stereocenters. The Hall–Kier alpha value is -2.71. The summed E-state index contributed by atoms with van der Waals surface area (Å²) >= 11 is 5.29. The highest BCUT2D eigenvalue weighted by molar-refractivity contribution is 7.71. The van der Waals surface area contributed by atoms with Crippen LogP contribution in [0.3, 0.4) is 0 Å². The molecule has 0 amide bonds. The van der Waals surface area contributed by atoms with Gasteiger partial charge in [0, 0.05) is 11.1 Å². The minimum Gasteiger partial charge on any atom is -0.454 e. The lowest BCUT2D eigenvalue weighted by Gasteiger charge is -2.13. The molecule has 1 N–H and O–H groups in total. The van der Waals surface area contributed by atoms with Gasteiger partial charge in [-0.1, -0.05) is 12.1 Å². The standard InChI is InChI=1S/C18H16FN3O3S/c1-21(9-12-2-5-14(19)6-3-12)10-22-18(26)25-17(20-22)13-4-7-15-16(8-13)24-11-23-15/h2-8H,9-11H2,1H3/p+1. The summed E-state index contributed by atoms with van der Waals surface area (Å²) in [6.45, 7) is 1.47. The third-order valence-corrected chi connectivity index (χ3v) is 4.36. The fraction of sp³-hybridized carbons (Fsp3) is 0.222. The monoisotopic (exact) mass is 374 g/mol. The zero-order chi connectivity index (χ0) is 18.1. The number of ether oxygens (including phenoxy) is 2. The molecule has 2 aromatic carbocycles. The number of fused-ring (bicyclic) bond motifs is 1. The molecule has 1 aliphatic rings. The summed E-state index contributed by atoms with van der Waals surface area (Å²) in [5, 5.41) is 4.47. The first-order valence-corrected chi connectivity index (χ1v) is 8.53. The van der Waals surface area contributed by atoms with Crippen molar-refractivity contribution in [2.45, 2.75) is 13.2 Å². The summed E-state index contributed by atoms with van der Waals surface area (Å²) < 4.78 is 31.0. The van der Waals surface area contributed by atoms with E-state index in [4.69, 9.17) is 26.1 Å². The van der Waals surface area contributed by atoms with Gasteiger partial charge in [0.25, 0.3) is 4.84 Å². The number of rotatable bonds is 5. The van der Waals surface area contributed by atoms with Crippen LogP contribution in [-0.4, -0.2) is 23.6 Å². The van der Waals surface area contributed by atoms with Crippen molar-refractivity contribution >= 4 is 12.2 Å². The van der Waals surface area contributed by atoms with Crippen LogP contribution < -0.4 is 14.4 Å². The molecule has 2 heterocycles. The average molecular weight is 374 g/mol. The van der Waals surface area contributed by atoms with E-state index in [1.807, 2.05) is 25.2 Å². The van der Waals surface area contributed by atoms with Crippen LogP contribution in [0.2, 0.25) is 0 Å². The normalized spacial score (nSPS) is 13.8. The van der Waals surface area contributed by atoms with Gasteiger partial charge in [-0.2, -0.15) is 4.68 Å². The second-order valence-corrected chi connectivity index (χ2v) is 6.51. The van der Waals surface area contributed by atoms with E-state index < -0.39 is 0 Å². The Balaban J connectivity index is 1.49. The number of hydrogen-bond acceptors (Lipinski definition) is 5. The molecule has 3 aromatic rings. The Morgan fingerprint density at radius 3 is 2.73 bits per heavy atom. The highest BCUT2D eigenvalue weighted by Crippen LogP contribution is 2.35. The van der Waals surface area contributed by atoms with E-state index in [1.165, 1.54) is 12.1 Å². The van der Waals surface area contributed by atoms with Crippen molar-refractivity contribution in [1.29, 1.82) is 0 Å². The largest absolute Gasteiger partial charge is 0.454 e. The molecule has 1 aliphatic heterocycles. The van der Waals surface area contributed by atoms with E-state index in [0.717, 1.165) is 16.0 Å². The number of benzene rings is 2. The molecule has 134 valence electrons. The van der Waals surface area contributed by atoms with Gasteiger partial charge < -0.3 is 18.8 Å². The van der Waals surface area contributed by atoms with E-state index in [0.29, 0.717) is 35.4 Å². The molecule has 0 saturated heterocycles.